The van der Waals surface area contributed by atoms with Crippen LogP contribution in [0.3, 0.4) is 0 Å². The zero-order valence-corrected chi connectivity index (χ0v) is 14.5. The molecule has 136 valence electrons. The largest absolute Gasteiger partial charge is 0.456 e. The fourth-order valence-corrected chi connectivity index (χ4v) is 3.14. The van der Waals surface area contributed by atoms with E-state index >= 15 is 0 Å². The van der Waals surface area contributed by atoms with Crippen LogP contribution in [0.25, 0.3) is 0 Å². The molecule has 0 heterocycles. The molecule has 6 nitrogen and oxygen atoms in total. The van der Waals surface area contributed by atoms with Crippen LogP contribution in [0.5, 0.6) is 0 Å². The van der Waals surface area contributed by atoms with Gasteiger partial charge in [-0.15, -0.1) is 0 Å². The third-order valence-corrected chi connectivity index (χ3v) is 4.54. The second-order valence-corrected chi connectivity index (χ2v) is 6.55. The Labute approximate surface area is 148 Å². The Morgan fingerprint density at radius 1 is 1.08 bits per heavy atom. The summed E-state index contributed by atoms with van der Waals surface area (Å²) < 4.78 is 5.00. The number of anilines is 1. The average Bonchev–Trinajstić information content (AvgIpc) is 2.61. The molecule has 0 radical (unpaired) electrons. The number of hydrogen-bond donors (Lipinski definition) is 2. The van der Waals surface area contributed by atoms with Crippen molar-refractivity contribution >= 4 is 23.5 Å². The Kier molecular flexibility index (Phi) is 7.44. The summed E-state index contributed by atoms with van der Waals surface area (Å²) in [6, 6.07) is 6.19. The molecule has 25 heavy (non-hydrogen) atoms. The normalized spacial score (nSPS) is 14.7. The first-order valence-corrected chi connectivity index (χ1v) is 8.90. The molecule has 1 aliphatic carbocycles. The summed E-state index contributed by atoms with van der Waals surface area (Å²) in [5.41, 5.74) is 6.03. The minimum atomic E-state index is -0.528. The molecule has 0 aromatic heterocycles. The molecule has 1 saturated carbocycles. The third-order valence-electron chi connectivity index (χ3n) is 4.54. The predicted molar refractivity (Wildman–Crippen MR) is 95.0 cm³/mol. The number of nitrogens with one attached hydrogen (secondary N) is 1. The van der Waals surface area contributed by atoms with Crippen molar-refractivity contribution < 1.29 is 19.1 Å². The van der Waals surface area contributed by atoms with Crippen LogP contribution >= 0.6 is 0 Å². The van der Waals surface area contributed by atoms with E-state index in [2.05, 4.69) is 5.32 Å². The molecule has 3 N–H and O–H groups in total. The van der Waals surface area contributed by atoms with Gasteiger partial charge in [0.1, 0.15) is 0 Å². The Morgan fingerprint density at radius 3 is 2.40 bits per heavy atom. The number of ether oxygens (including phenoxy) is 1. The molecule has 6 heteroatoms. The van der Waals surface area contributed by atoms with E-state index < -0.39 is 11.8 Å². The summed E-state index contributed by atoms with van der Waals surface area (Å²) in [5.74, 6) is -0.532. The molecule has 0 spiro atoms. The number of carbonyl (C=O) groups is 3. The number of hydrogen-bond acceptors (Lipinski definition) is 4. The standard InChI is InChI=1S/C19H26N2O4/c20-19(24)15-9-11-16(12-10-15)21-17(22)13-25-18(23)8-4-7-14-5-2-1-3-6-14/h9-12,14H,1-8,13H2,(H2,20,24)(H,21,22). The van der Waals surface area contributed by atoms with Crippen LogP contribution in [-0.2, 0) is 14.3 Å². The first-order valence-electron chi connectivity index (χ1n) is 8.90. The number of nitrogens with two attached hydrogens (primary N) is 1. The van der Waals surface area contributed by atoms with Gasteiger partial charge in [-0.2, -0.15) is 0 Å². The molecule has 1 fully saturated rings. The van der Waals surface area contributed by atoms with Gasteiger partial charge >= 0.3 is 5.97 Å². The summed E-state index contributed by atoms with van der Waals surface area (Å²) in [6.45, 7) is -0.306. The van der Waals surface area contributed by atoms with Gasteiger partial charge in [-0.3, -0.25) is 14.4 Å². The van der Waals surface area contributed by atoms with Crippen LogP contribution in [0.1, 0.15) is 61.7 Å². The average molecular weight is 346 g/mol. The van der Waals surface area contributed by atoms with E-state index in [4.69, 9.17) is 10.5 Å². The van der Waals surface area contributed by atoms with E-state index in [0.29, 0.717) is 17.7 Å². The van der Waals surface area contributed by atoms with Gasteiger partial charge in [0.25, 0.3) is 5.91 Å². The molecule has 2 rings (SSSR count). The van der Waals surface area contributed by atoms with Crippen molar-refractivity contribution in [1.82, 2.24) is 0 Å². The Morgan fingerprint density at radius 2 is 1.76 bits per heavy atom. The Bertz CT molecular complexity index is 592. The zero-order chi connectivity index (χ0) is 18.1. The second kappa shape index (κ2) is 9.81. The maximum Gasteiger partial charge on any atom is 0.306 e. The van der Waals surface area contributed by atoms with Gasteiger partial charge < -0.3 is 15.8 Å². The predicted octanol–water partition coefficient (Wildman–Crippen LogP) is 3.02. The summed E-state index contributed by atoms with van der Waals surface area (Å²) >= 11 is 0. The van der Waals surface area contributed by atoms with Crippen LogP contribution in [0.4, 0.5) is 5.69 Å². The highest BCUT2D eigenvalue weighted by Gasteiger charge is 2.14. The molecular formula is C19H26N2O4. The molecule has 2 amide bonds. The molecule has 1 aliphatic rings. The van der Waals surface area contributed by atoms with Crippen molar-refractivity contribution in [2.24, 2.45) is 11.7 Å². The van der Waals surface area contributed by atoms with E-state index in [-0.39, 0.29) is 12.6 Å². The molecule has 1 aromatic carbocycles. The van der Waals surface area contributed by atoms with Crippen LogP contribution in [0.15, 0.2) is 24.3 Å². The summed E-state index contributed by atoms with van der Waals surface area (Å²) in [5, 5.41) is 2.60. The molecule has 0 aliphatic heterocycles. The van der Waals surface area contributed by atoms with Gasteiger partial charge in [0, 0.05) is 17.7 Å². The van der Waals surface area contributed by atoms with Gasteiger partial charge in [0.2, 0.25) is 5.91 Å². The van der Waals surface area contributed by atoms with Crippen LogP contribution in [0.2, 0.25) is 0 Å². The maximum atomic E-state index is 11.8. The highest BCUT2D eigenvalue weighted by Crippen LogP contribution is 2.27. The summed E-state index contributed by atoms with van der Waals surface area (Å²) in [7, 11) is 0. The van der Waals surface area contributed by atoms with E-state index in [1.165, 1.54) is 44.2 Å². The zero-order valence-electron chi connectivity index (χ0n) is 14.5. The molecule has 1 aromatic rings. The molecule has 0 atom stereocenters. The van der Waals surface area contributed by atoms with E-state index in [1.807, 2.05) is 0 Å². The SMILES string of the molecule is NC(=O)c1ccc(NC(=O)COC(=O)CCCC2CCCCC2)cc1. The van der Waals surface area contributed by atoms with E-state index in [1.54, 1.807) is 12.1 Å². The van der Waals surface area contributed by atoms with Crippen LogP contribution in [-0.4, -0.2) is 24.4 Å². The summed E-state index contributed by atoms with van der Waals surface area (Å²) in [4.78, 5) is 34.5. The van der Waals surface area contributed by atoms with Crippen LogP contribution < -0.4 is 11.1 Å². The number of carbonyl (C=O) groups excluding carboxylic acids is 3. The molecular weight excluding hydrogens is 320 g/mol. The quantitative estimate of drug-likeness (QED) is 0.707. The first kappa shape index (κ1) is 19.0. The fraction of sp³-hybridized carbons (Fsp3) is 0.526. The number of amides is 2. The van der Waals surface area contributed by atoms with Gasteiger partial charge in [-0.05, 0) is 43.0 Å². The lowest BCUT2D eigenvalue weighted by molar-refractivity contribution is -0.147. The van der Waals surface area contributed by atoms with Gasteiger partial charge in [-0.1, -0.05) is 32.1 Å². The molecule has 0 unspecified atom stereocenters. The number of primary amides is 1. The number of esters is 1. The van der Waals surface area contributed by atoms with Crippen LogP contribution in [0, 0.1) is 5.92 Å². The maximum absolute atomic E-state index is 11.8. The van der Waals surface area contributed by atoms with Crippen molar-refractivity contribution in [3.63, 3.8) is 0 Å². The number of benzene rings is 1. The highest BCUT2D eigenvalue weighted by molar-refractivity contribution is 5.95. The van der Waals surface area contributed by atoms with Gasteiger partial charge in [0.15, 0.2) is 6.61 Å². The van der Waals surface area contributed by atoms with Gasteiger partial charge in [-0.25, -0.2) is 0 Å². The van der Waals surface area contributed by atoms with Crippen molar-refractivity contribution in [3.05, 3.63) is 29.8 Å². The summed E-state index contributed by atoms with van der Waals surface area (Å²) in [6.07, 6.45) is 8.71. The first-order chi connectivity index (χ1) is 12.0. The third kappa shape index (κ3) is 6.95. The lowest BCUT2D eigenvalue weighted by Gasteiger charge is -2.20. The van der Waals surface area contributed by atoms with Crippen molar-refractivity contribution in [1.29, 1.82) is 0 Å². The second-order valence-electron chi connectivity index (χ2n) is 6.55. The molecule has 0 bridgehead atoms. The monoisotopic (exact) mass is 346 g/mol. The minimum absolute atomic E-state index is 0.306. The smallest absolute Gasteiger partial charge is 0.306 e. The van der Waals surface area contributed by atoms with Crippen molar-refractivity contribution in [3.8, 4) is 0 Å². The van der Waals surface area contributed by atoms with Crippen molar-refractivity contribution in [2.75, 3.05) is 11.9 Å². The molecule has 0 saturated heterocycles. The fourth-order valence-electron chi connectivity index (χ4n) is 3.14. The lowest BCUT2D eigenvalue weighted by Crippen LogP contribution is -2.21. The topological polar surface area (TPSA) is 98.5 Å². The minimum Gasteiger partial charge on any atom is -0.456 e. The number of rotatable bonds is 8. The Hall–Kier alpha value is -2.37. The van der Waals surface area contributed by atoms with Crippen molar-refractivity contribution in [2.45, 2.75) is 51.4 Å². The van der Waals surface area contributed by atoms with Gasteiger partial charge in [0.05, 0.1) is 0 Å². The highest BCUT2D eigenvalue weighted by atomic mass is 16.5. The Balaban J connectivity index is 1.61. The van der Waals surface area contributed by atoms with E-state index in [9.17, 15) is 14.4 Å². The van der Waals surface area contributed by atoms with E-state index in [0.717, 1.165) is 18.8 Å². The lowest BCUT2D eigenvalue weighted by atomic mass is 9.86.